The van der Waals surface area contributed by atoms with E-state index < -0.39 is 10.0 Å². The second-order valence-corrected chi connectivity index (χ2v) is 8.23. The molecule has 0 unspecified atom stereocenters. The van der Waals surface area contributed by atoms with Gasteiger partial charge in [0, 0.05) is 30.2 Å². The van der Waals surface area contributed by atoms with Crippen LogP contribution >= 0.6 is 11.6 Å². The number of rotatable bonds is 5. The molecule has 1 N–H and O–H groups in total. The smallest absolute Gasteiger partial charge is 0.241 e. The molecule has 25 heavy (non-hydrogen) atoms. The van der Waals surface area contributed by atoms with Gasteiger partial charge in [-0.2, -0.15) is 0 Å². The number of hydrogen-bond acceptors (Lipinski definition) is 3. The molecule has 0 aliphatic carbocycles. The number of sulfonamides is 1. The first-order valence-corrected chi connectivity index (χ1v) is 9.88. The monoisotopic (exact) mass is 378 g/mol. The highest BCUT2D eigenvalue weighted by Crippen LogP contribution is 2.26. The Labute approximate surface area is 152 Å². The highest BCUT2D eigenvalue weighted by molar-refractivity contribution is 7.89. The third-order valence-electron chi connectivity index (χ3n) is 4.19. The summed E-state index contributed by atoms with van der Waals surface area (Å²) in [6.07, 6.45) is 1.37. The molecule has 1 aliphatic rings. The van der Waals surface area contributed by atoms with Gasteiger partial charge in [0.05, 0.1) is 4.90 Å². The van der Waals surface area contributed by atoms with Crippen LogP contribution in [0.15, 0.2) is 47.4 Å². The van der Waals surface area contributed by atoms with Crippen LogP contribution < -0.4 is 9.62 Å². The van der Waals surface area contributed by atoms with E-state index in [0.717, 1.165) is 17.7 Å². The summed E-state index contributed by atoms with van der Waals surface area (Å²) < 4.78 is 27.8. The maximum atomic E-state index is 12.6. The topological polar surface area (TPSA) is 66.5 Å². The van der Waals surface area contributed by atoms with E-state index in [1.807, 2.05) is 6.07 Å². The van der Waals surface area contributed by atoms with Crippen LogP contribution in [-0.4, -0.2) is 20.9 Å². The van der Waals surface area contributed by atoms with Crippen molar-refractivity contribution in [2.45, 2.75) is 31.2 Å². The fourth-order valence-electron chi connectivity index (χ4n) is 2.93. The Morgan fingerprint density at radius 1 is 1.20 bits per heavy atom. The lowest BCUT2D eigenvalue weighted by atomic mass is 10.2. The van der Waals surface area contributed by atoms with Gasteiger partial charge in [-0.05, 0) is 54.8 Å². The molecule has 0 spiro atoms. The summed E-state index contributed by atoms with van der Waals surface area (Å²) >= 11 is 5.92. The Balaban J connectivity index is 1.79. The molecule has 1 fully saturated rings. The molecular formula is C18H19ClN2O3S. The average Bonchev–Trinajstić information content (AvgIpc) is 2.99. The van der Waals surface area contributed by atoms with Crippen molar-refractivity contribution in [2.75, 3.05) is 11.4 Å². The van der Waals surface area contributed by atoms with E-state index in [4.69, 9.17) is 11.6 Å². The van der Waals surface area contributed by atoms with E-state index in [-0.39, 0.29) is 17.3 Å². The summed E-state index contributed by atoms with van der Waals surface area (Å²) in [6, 6.07) is 12.0. The predicted molar refractivity (Wildman–Crippen MR) is 98.2 cm³/mol. The van der Waals surface area contributed by atoms with Crippen molar-refractivity contribution in [3.8, 4) is 0 Å². The van der Waals surface area contributed by atoms with E-state index in [1.165, 1.54) is 0 Å². The Morgan fingerprint density at radius 2 is 2.00 bits per heavy atom. The van der Waals surface area contributed by atoms with Crippen LogP contribution in [0.1, 0.15) is 24.0 Å². The van der Waals surface area contributed by atoms with Crippen molar-refractivity contribution in [3.63, 3.8) is 0 Å². The molecule has 1 heterocycles. The molecule has 1 aliphatic heterocycles. The fourth-order valence-corrected chi connectivity index (χ4v) is 4.38. The quantitative estimate of drug-likeness (QED) is 0.868. The molecule has 2 aromatic carbocycles. The molecule has 2 aromatic rings. The third kappa shape index (κ3) is 4.03. The molecular weight excluding hydrogens is 360 g/mol. The minimum atomic E-state index is -3.65. The van der Waals surface area contributed by atoms with Gasteiger partial charge in [-0.1, -0.05) is 23.7 Å². The summed E-state index contributed by atoms with van der Waals surface area (Å²) in [7, 11) is -3.65. The van der Waals surface area contributed by atoms with E-state index in [0.29, 0.717) is 23.6 Å². The highest BCUT2D eigenvalue weighted by atomic mass is 35.5. The van der Waals surface area contributed by atoms with E-state index >= 15 is 0 Å². The van der Waals surface area contributed by atoms with Crippen molar-refractivity contribution in [2.24, 2.45) is 0 Å². The molecule has 0 aromatic heterocycles. The first-order valence-electron chi connectivity index (χ1n) is 8.02. The first-order chi connectivity index (χ1) is 11.9. The SMILES string of the molecule is Cc1cc(N2CCCC2=O)ccc1S(=O)(=O)NCc1cccc(Cl)c1. The molecule has 0 atom stereocenters. The Bertz CT molecular complexity index is 912. The molecule has 7 heteroatoms. The lowest BCUT2D eigenvalue weighted by molar-refractivity contribution is -0.117. The first kappa shape index (κ1) is 17.9. The second kappa shape index (κ2) is 7.15. The van der Waals surface area contributed by atoms with Crippen molar-refractivity contribution >= 4 is 33.2 Å². The summed E-state index contributed by atoms with van der Waals surface area (Å²) in [4.78, 5) is 13.7. The second-order valence-electron chi connectivity index (χ2n) is 6.05. The zero-order valence-electron chi connectivity index (χ0n) is 13.8. The van der Waals surface area contributed by atoms with E-state index in [9.17, 15) is 13.2 Å². The zero-order valence-corrected chi connectivity index (χ0v) is 15.4. The molecule has 132 valence electrons. The summed E-state index contributed by atoms with van der Waals surface area (Å²) in [6.45, 7) is 2.57. The van der Waals surface area contributed by atoms with Crippen molar-refractivity contribution in [1.82, 2.24) is 4.72 Å². The fraction of sp³-hybridized carbons (Fsp3) is 0.278. The van der Waals surface area contributed by atoms with Crippen molar-refractivity contribution in [1.29, 1.82) is 0 Å². The lowest BCUT2D eigenvalue weighted by Gasteiger charge is -2.18. The summed E-state index contributed by atoms with van der Waals surface area (Å²) in [5.41, 5.74) is 2.14. The Hall–Kier alpha value is -1.89. The normalized spacial score (nSPS) is 15.0. The van der Waals surface area contributed by atoms with Gasteiger partial charge in [-0.3, -0.25) is 4.79 Å². The van der Waals surface area contributed by atoms with Gasteiger partial charge < -0.3 is 4.90 Å². The molecule has 5 nitrogen and oxygen atoms in total. The number of anilines is 1. The number of nitrogens with zero attached hydrogens (tertiary/aromatic N) is 1. The molecule has 0 radical (unpaired) electrons. The third-order valence-corrected chi connectivity index (χ3v) is 5.99. The number of carbonyl (C=O) groups is 1. The van der Waals surface area contributed by atoms with Crippen LogP contribution in [-0.2, 0) is 21.4 Å². The number of aryl methyl sites for hydroxylation is 1. The standard InChI is InChI=1S/C18H19ClN2O3S/c1-13-10-16(21-9-3-6-18(21)22)7-8-17(13)25(23,24)20-12-14-4-2-5-15(19)11-14/h2,4-5,7-8,10-11,20H,3,6,9,12H2,1H3. The van der Waals surface area contributed by atoms with Crippen LogP contribution in [0.3, 0.4) is 0 Å². The maximum Gasteiger partial charge on any atom is 0.241 e. The van der Waals surface area contributed by atoms with Crippen LogP contribution in [0.25, 0.3) is 0 Å². The van der Waals surface area contributed by atoms with Gasteiger partial charge >= 0.3 is 0 Å². The van der Waals surface area contributed by atoms with Gasteiger partial charge in [0.2, 0.25) is 15.9 Å². The van der Waals surface area contributed by atoms with Crippen LogP contribution in [0.4, 0.5) is 5.69 Å². The Morgan fingerprint density at radius 3 is 2.64 bits per heavy atom. The lowest BCUT2D eigenvalue weighted by Crippen LogP contribution is -2.25. The van der Waals surface area contributed by atoms with Crippen LogP contribution in [0.5, 0.6) is 0 Å². The Kier molecular flexibility index (Phi) is 5.13. The van der Waals surface area contributed by atoms with Crippen molar-refractivity contribution in [3.05, 3.63) is 58.6 Å². The van der Waals surface area contributed by atoms with Gasteiger partial charge in [0.1, 0.15) is 0 Å². The minimum absolute atomic E-state index is 0.0779. The number of benzene rings is 2. The maximum absolute atomic E-state index is 12.6. The van der Waals surface area contributed by atoms with Gasteiger partial charge in [-0.25, -0.2) is 13.1 Å². The van der Waals surface area contributed by atoms with E-state index in [1.54, 1.807) is 48.2 Å². The number of nitrogens with one attached hydrogen (secondary N) is 1. The number of carbonyl (C=O) groups excluding carboxylic acids is 1. The highest BCUT2D eigenvalue weighted by Gasteiger charge is 2.23. The van der Waals surface area contributed by atoms with Crippen LogP contribution in [0.2, 0.25) is 5.02 Å². The molecule has 0 saturated carbocycles. The van der Waals surface area contributed by atoms with Crippen molar-refractivity contribution < 1.29 is 13.2 Å². The molecule has 1 amide bonds. The van der Waals surface area contributed by atoms with Gasteiger partial charge in [0.15, 0.2) is 0 Å². The van der Waals surface area contributed by atoms with Crippen LogP contribution in [0, 0.1) is 6.92 Å². The summed E-state index contributed by atoms with van der Waals surface area (Å²) in [5.74, 6) is 0.0779. The molecule has 0 bridgehead atoms. The summed E-state index contributed by atoms with van der Waals surface area (Å²) in [5, 5.41) is 0.563. The number of amides is 1. The van der Waals surface area contributed by atoms with E-state index in [2.05, 4.69) is 4.72 Å². The predicted octanol–water partition coefficient (Wildman–Crippen LogP) is 3.25. The molecule has 3 rings (SSSR count). The zero-order chi connectivity index (χ0) is 18.0. The average molecular weight is 379 g/mol. The van der Waals surface area contributed by atoms with Gasteiger partial charge in [-0.15, -0.1) is 0 Å². The van der Waals surface area contributed by atoms with Gasteiger partial charge in [0.25, 0.3) is 0 Å². The minimum Gasteiger partial charge on any atom is -0.312 e. The largest absolute Gasteiger partial charge is 0.312 e. The number of halogens is 1. The number of hydrogen-bond donors (Lipinski definition) is 1. The molecule has 1 saturated heterocycles.